The molecule has 0 saturated carbocycles. The number of carbonyl (C=O) groups excluding carboxylic acids is 1. The number of halogens is 3. The van der Waals surface area contributed by atoms with Crippen molar-refractivity contribution in [1.29, 1.82) is 0 Å². The lowest BCUT2D eigenvalue weighted by atomic mass is 10.0. The highest BCUT2D eigenvalue weighted by atomic mass is 32.2. The molecule has 160 valence electrons. The van der Waals surface area contributed by atoms with E-state index in [2.05, 4.69) is 15.3 Å². The number of aromatic nitrogens is 2. The van der Waals surface area contributed by atoms with Gasteiger partial charge in [-0.05, 0) is 56.0 Å². The van der Waals surface area contributed by atoms with Crippen molar-refractivity contribution < 1.29 is 26.4 Å². The third-order valence-electron chi connectivity index (χ3n) is 5.62. The number of carbonyl (C=O) groups is 1. The number of anilines is 1. The topological polar surface area (TPSA) is 92.3 Å². The summed E-state index contributed by atoms with van der Waals surface area (Å²) in [6.45, 7) is 0. The van der Waals surface area contributed by atoms with Crippen molar-refractivity contribution in [2.75, 3.05) is 5.32 Å². The number of fused-ring (bicyclic) bond motifs is 2. The van der Waals surface area contributed by atoms with Crippen LogP contribution in [0.15, 0.2) is 47.9 Å². The second-order valence-corrected chi connectivity index (χ2v) is 9.59. The molecule has 0 spiro atoms. The monoisotopic (exact) mass is 440 g/mol. The highest BCUT2D eigenvalue weighted by Gasteiger charge is 2.48. The van der Waals surface area contributed by atoms with Gasteiger partial charge in [0.1, 0.15) is 0 Å². The van der Waals surface area contributed by atoms with Gasteiger partial charge in [0.2, 0.25) is 15.0 Å². The lowest BCUT2D eigenvalue weighted by Crippen LogP contribution is -2.51. The van der Waals surface area contributed by atoms with Crippen molar-refractivity contribution in [3.05, 3.63) is 48.3 Å². The first-order valence-corrected chi connectivity index (χ1v) is 11.0. The summed E-state index contributed by atoms with van der Waals surface area (Å²) in [6.07, 6.45) is 0.203. The van der Waals surface area contributed by atoms with Gasteiger partial charge in [0.05, 0.1) is 10.8 Å². The zero-order chi connectivity index (χ0) is 21.5. The smallest absolute Gasteiger partial charge is 0.318 e. The van der Waals surface area contributed by atoms with E-state index in [0.717, 1.165) is 12.1 Å². The largest absolute Gasteiger partial charge is 0.416 e. The van der Waals surface area contributed by atoms with Crippen LogP contribution in [0.3, 0.4) is 0 Å². The third kappa shape index (κ3) is 3.85. The van der Waals surface area contributed by atoms with Gasteiger partial charge in [-0.1, -0.05) is 0 Å². The number of nitrogens with one attached hydrogen (secondary N) is 1. The second kappa shape index (κ2) is 7.53. The molecule has 2 atom stereocenters. The fourth-order valence-electron chi connectivity index (χ4n) is 4.22. The van der Waals surface area contributed by atoms with Crippen LogP contribution in [0.2, 0.25) is 0 Å². The van der Waals surface area contributed by atoms with Crippen molar-refractivity contribution in [1.82, 2.24) is 14.9 Å². The molecule has 1 aromatic carbocycles. The first-order valence-electron chi connectivity index (χ1n) is 9.44. The molecule has 0 radical (unpaired) electrons. The number of rotatable bonds is 3. The molecule has 4 rings (SSSR count). The van der Waals surface area contributed by atoms with Crippen LogP contribution in [0.5, 0.6) is 0 Å². The first-order chi connectivity index (χ1) is 14.2. The quantitative estimate of drug-likeness (QED) is 0.738. The van der Waals surface area contributed by atoms with E-state index >= 15 is 0 Å². The molecule has 11 heteroatoms. The average molecular weight is 440 g/mol. The van der Waals surface area contributed by atoms with E-state index in [9.17, 15) is 26.4 Å². The van der Waals surface area contributed by atoms with Crippen LogP contribution in [-0.4, -0.2) is 46.7 Å². The van der Waals surface area contributed by atoms with Gasteiger partial charge in [-0.3, -0.25) is 0 Å². The Hall–Kier alpha value is -2.69. The maximum absolute atomic E-state index is 12.9. The van der Waals surface area contributed by atoms with Gasteiger partial charge in [0, 0.05) is 30.2 Å². The van der Waals surface area contributed by atoms with Crippen molar-refractivity contribution >= 4 is 21.6 Å². The van der Waals surface area contributed by atoms with Crippen LogP contribution in [0.1, 0.15) is 31.2 Å². The van der Waals surface area contributed by atoms with E-state index in [1.807, 2.05) is 0 Å². The van der Waals surface area contributed by atoms with E-state index in [1.54, 1.807) is 4.90 Å². The molecular formula is C19H19F3N4O3S. The SMILES string of the molecule is O=C(Nc1ccc(C(F)(F)F)cc1)N1C2CCC1CC(S(=O)(=O)c1ncccn1)C2. The molecule has 7 nitrogen and oxygen atoms in total. The summed E-state index contributed by atoms with van der Waals surface area (Å²) < 4.78 is 63.8. The molecule has 2 aliphatic heterocycles. The standard InChI is InChI=1S/C19H19F3N4O3S/c20-19(21,22)12-2-4-13(5-3-12)25-18(27)26-14-6-7-15(26)11-16(10-14)30(28,29)17-23-8-1-9-24-17/h1-5,8-9,14-16H,6-7,10-11H2,(H,25,27). The summed E-state index contributed by atoms with van der Waals surface area (Å²) in [7, 11) is -3.70. The molecule has 2 bridgehead atoms. The van der Waals surface area contributed by atoms with Crippen molar-refractivity contribution in [3.63, 3.8) is 0 Å². The summed E-state index contributed by atoms with van der Waals surface area (Å²) in [5, 5.41) is 1.74. The maximum Gasteiger partial charge on any atom is 0.416 e. The zero-order valence-electron chi connectivity index (χ0n) is 15.7. The Morgan fingerprint density at radius 2 is 1.60 bits per heavy atom. The number of nitrogens with zero attached hydrogens (tertiary/aromatic N) is 3. The molecule has 2 fully saturated rings. The van der Waals surface area contributed by atoms with Crippen molar-refractivity contribution in [3.8, 4) is 0 Å². The van der Waals surface area contributed by atoms with Gasteiger partial charge in [-0.25, -0.2) is 23.2 Å². The van der Waals surface area contributed by atoms with E-state index < -0.39 is 32.9 Å². The average Bonchev–Trinajstić information content (AvgIpc) is 2.98. The summed E-state index contributed by atoms with van der Waals surface area (Å²) in [5.74, 6) is 0. The van der Waals surface area contributed by atoms with Gasteiger partial charge in [-0.2, -0.15) is 13.2 Å². The molecule has 1 aromatic heterocycles. The summed E-state index contributed by atoms with van der Waals surface area (Å²) in [6, 6.07) is 4.79. The van der Waals surface area contributed by atoms with Crippen LogP contribution >= 0.6 is 0 Å². The van der Waals surface area contributed by atoms with Gasteiger partial charge in [0.15, 0.2) is 0 Å². The Balaban J connectivity index is 1.46. The predicted octanol–water partition coefficient (Wildman–Crippen LogP) is 3.50. The predicted molar refractivity (Wildman–Crippen MR) is 101 cm³/mol. The Kier molecular flexibility index (Phi) is 5.16. The number of amides is 2. The highest BCUT2D eigenvalue weighted by molar-refractivity contribution is 7.91. The van der Waals surface area contributed by atoms with Crippen molar-refractivity contribution in [2.45, 2.75) is 54.3 Å². The minimum Gasteiger partial charge on any atom is -0.318 e. The number of hydrogen-bond donors (Lipinski definition) is 1. The number of benzene rings is 1. The Morgan fingerprint density at radius 1 is 1.03 bits per heavy atom. The number of urea groups is 1. The number of alkyl halides is 3. The summed E-state index contributed by atoms with van der Waals surface area (Å²) >= 11 is 0. The van der Waals surface area contributed by atoms with Gasteiger partial charge >= 0.3 is 12.2 Å². The Labute approximate surface area is 171 Å². The van der Waals surface area contributed by atoms with Crippen LogP contribution in [0, 0.1) is 0 Å². The van der Waals surface area contributed by atoms with Crippen LogP contribution in [0.25, 0.3) is 0 Å². The van der Waals surface area contributed by atoms with Gasteiger partial charge in [-0.15, -0.1) is 0 Å². The number of piperidine rings is 1. The molecule has 2 unspecified atom stereocenters. The molecule has 2 saturated heterocycles. The molecule has 3 heterocycles. The van der Waals surface area contributed by atoms with Gasteiger partial charge in [0.25, 0.3) is 0 Å². The molecule has 2 aromatic rings. The minimum atomic E-state index is -4.45. The zero-order valence-corrected chi connectivity index (χ0v) is 16.5. The molecular weight excluding hydrogens is 421 g/mol. The maximum atomic E-state index is 12.9. The van der Waals surface area contributed by atoms with Crippen molar-refractivity contribution in [2.24, 2.45) is 0 Å². The first kappa shape index (κ1) is 20.6. The molecule has 1 N–H and O–H groups in total. The molecule has 2 aliphatic rings. The normalized spacial score (nSPS) is 24.0. The van der Waals surface area contributed by atoms with E-state index in [4.69, 9.17) is 0 Å². The summed E-state index contributed by atoms with van der Waals surface area (Å²) in [4.78, 5) is 22.1. The Morgan fingerprint density at radius 3 is 2.13 bits per heavy atom. The molecule has 30 heavy (non-hydrogen) atoms. The minimum absolute atomic E-state index is 0.211. The van der Waals surface area contributed by atoms with Crippen LogP contribution in [0.4, 0.5) is 23.7 Å². The lowest BCUT2D eigenvalue weighted by molar-refractivity contribution is -0.137. The van der Waals surface area contributed by atoms with E-state index in [0.29, 0.717) is 12.8 Å². The lowest BCUT2D eigenvalue weighted by Gasteiger charge is -2.38. The number of sulfone groups is 1. The van der Waals surface area contributed by atoms with E-state index in [1.165, 1.54) is 30.6 Å². The third-order valence-corrected chi connectivity index (χ3v) is 7.61. The highest BCUT2D eigenvalue weighted by Crippen LogP contribution is 2.39. The fraction of sp³-hybridized carbons (Fsp3) is 0.421. The van der Waals surface area contributed by atoms with Gasteiger partial charge < -0.3 is 10.2 Å². The van der Waals surface area contributed by atoms with Crippen LogP contribution < -0.4 is 5.32 Å². The number of hydrogen-bond acceptors (Lipinski definition) is 5. The second-order valence-electron chi connectivity index (χ2n) is 7.47. The molecule has 2 amide bonds. The fourth-order valence-corrected chi connectivity index (χ4v) is 5.89. The van der Waals surface area contributed by atoms with E-state index in [-0.39, 0.29) is 35.8 Å². The summed E-state index contributed by atoms with van der Waals surface area (Å²) in [5.41, 5.74) is -0.547. The Bertz CT molecular complexity index is 1020. The van der Waals surface area contributed by atoms with Crippen LogP contribution in [-0.2, 0) is 16.0 Å². The molecule has 0 aliphatic carbocycles.